The summed E-state index contributed by atoms with van der Waals surface area (Å²) in [6, 6.07) is 0. The Labute approximate surface area is 98.5 Å². The number of aromatic carboxylic acids is 1. The molecule has 0 unspecified atom stereocenters. The molecule has 16 heavy (non-hydrogen) atoms. The second-order valence-corrected chi connectivity index (χ2v) is 5.10. The minimum Gasteiger partial charge on any atom is -0.476 e. The van der Waals surface area contributed by atoms with E-state index in [0.29, 0.717) is 5.13 Å². The fourth-order valence-electron chi connectivity index (χ4n) is 0.932. The molecule has 0 radical (unpaired) electrons. The highest BCUT2D eigenvalue weighted by atomic mass is 32.2. The van der Waals surface area contributed by atoms with E-state index in [0.717, 1.165) is 10.1 Å². The van der Waals surface area contributed by atoms with Gasteiger partial charge in [-0.3, -0.25) is 0 Å². The van der Waals surface area contributed by atoms with Crippen LogP contribution >= 0.6 is 23.1 Å². The third kappa shape index (κ3) is 2.19. The quantitative estimate of drug-likeness (QED) is 0.814. The number of hydrogen-bond acceptors (Lipinski definition) is 7. The van der Waals surface area contributed by atoms with E-state index in [1.165, 1.54) is 22.2 Å². The molecule has 2 aromatic rings. The van der Waals surface area contributed by atoms with Crippen molar-refractivity contribution >= 4 is 29.1 Å². The Bertz CT molecular complexity index is 508. The average Bonchev–Trinajstić information content (AvgIpc) is 2.84. The molecule has 2 heterocycles. The molecule has 0 bridgehead atoms. The normalized spacial score (nSPS) is 10.6. The molecule has 7 nitrogen and oxygen atoms in total. The van der Waals surface area contributed by atoms with E-state index in [2.05, 4.69) is 20.5 Å². The monoisotopic (exact) mass is 257 g/mol. The van der Waals surface area contributed by atoms with Crippen molar-refractivity contribution in [1.82, 2.24) is 25.2 Å². The SMILES string of the molecule is CCSc1nnc(-n2cc(C(=O)O)nn2)s1. The Morgan fingerprint density at radius 2 is 2.38 bits per heavy atom. The molecule has 0 aliphatic heterocycles. The van der Waals surface area contributed by atoms with Crippen LogP contribution in [0.25, 0.3) is 5.13 Å². The van der Waals surface area contributed by atoms with Crippen LogP contribution in [0, 0.1) is 0 Å². The Morgan fingerprint density at radius 1 is 1.56 bits per heavy atom. The van der Waals surface area contributed by atoms with Crippen molar-refractivity contribution in [3.05, 3.63) is 11.9 Å². The largest absolute Gasteiger partial charge is 0.476 e. The van der Waals surface area contributed by atoms with Crippen molar-refractivity contribution in [3.63, 3.8) is 0 Å². The average molecular weight is 257 g/mol. The lowest BCUT2D eigenvalue weighted by Gasteiger charge is -1.88. The zero-order valence-corrected chi connectivity index (χ0v) is 9.83. The summed E-state index contributed by atoms with van der Waals surface area (Å²) >= 11 is 2.91. The third-order valence-electron chi connectivity index (χ3n) is 1.57. The first-order valence-electron chi connectivity index (χ1n) is 4.33. The summed E-state index contributed by atoms with van der Waals surface area (Å²) in [5.74, 6) is -0.203. The van der Waals surface area contributed by atoms with Gasteiger partial charge >= 0.3 is 5.97 Å². The molecule has 2 rings (SSSR count). The van der Waals surface area contributed by atoms with Crippen LogP contribution in [-0.4, -0.2) is 42.0 Å². The van der Waals surface area contributed by atoms with Crippen molar-refractivity contribution in [3.8, 4) is 5.13 Å². The number of carboxylic acids is 1. The van der Waals surface area contributed by atoms with Crippen LogP contribution in [0.4, 0.5) is 0 Å². The maximum Gasteiger partial charge on any atom is 0.358 e. The molecule has 0 spiro atoms. The second kappa shape index (κ2) is 4.58. The minimum absolute atomic E-state index is 0.111. The van der Waals surface area contributed by atoms with Gasteiger partial charge in [-0.05, 0) is 5.75 Å². The Hall–Kier alpha value is -1.48. The molecule has 0 saturated carbocycles. The van der Waals surface area contributed by atoms with Crippen LogP contribution in [0.15, 0.2) is 10.5 Å². The van der Waals surface area contributed by atoms with E-state index >= 15 is 0 Å². The van der Waals surface area contributed by atoms with Gasteiger partial charge in [-0.15, -0.1) is 15.3 Å². The molecule has 2 aromatic heterocycles. The molecule has 0 atom stereocenters. The Kier molecular flexibility index (Phi) is 3.15. The van der Waals surface area contributed by atoms with Crippen LogP contribution in [0.2, 0.25) is 0 Å². The maximum absolute atomic E-state index is 10.6. The highest BCUT2D eigenvalue weighted by Gasteiger charge is 2.12. The first kappa shape index (κ1) is 11.0. The van der Waals surface area contributed by atoms with Crippen molar-refractivity contribution < 1.29 is 9.90 Å². The van der Waals surface area contributed by atoms with Crippen molar-refractivity contribution in [2.45, 2.75) is 11.3 Å². The summed E-state index contributed by atoms with van der Waals surface area (Å²) in [5.41, 5.74) is -0.111. The highest BCUT2D eigenvalue weighted by molar-refractivity contribution is 8.01. The minimum atomic E-state index is -1.11. The Balaban J connectivity index is 2.24. The van der Waals surface area contributed by atoms with Crippen LogP contribution in [0.1, 0.15) is 17.4 Å². The molecule has 0 saturated heterocycles. The molecule has 9 heteroatoms. The summed E-state index contributed by atoms with van der Waals surface area (Å²) in [7, 11) is 0. The molecule has 1 N–H and O–H groups in total. The predicted octanol–water partition coefficient (Wildman–Crippen LogP) is 0.929. The molecule has 0 amide bonds. The summed E-state index contributed by atoms with van der Waals surface area (Å²) < 4.78 is 2.13. The van der Waals surface area contributed by atoms with Crippen LogP contribution in [0.5, 0.6) is 0 Å². The molecular weight excluding hydrogens is 250 g/mol. The van der Waals surface area contributed by atoms with Gasteiger partial charge < -0.3 is 5.11 Å². The zero-order valence-electron chi connectivity index (χ0n) is 8.19. The van der Waals surface area contributed by atoms with E-state index in [1.807, 2.05) is 6.92 Å². The molecular formula is C7H7N5O2S2. The number of rotatable bonds is 4. The van der Waals surface area contributed by atoms with Gasteiger partial charge in [0.15, 0.2) is 10.0 Å². The van der Waals surface area contributed by atoms with Gasteiger partial charge in [0.05, 0.1) is 6.20 Å². The fourth-order valence-corrected chi connectivity index (χ4v) is 2.59. The van der Waals surface area contributed by atoms with E-state index in [-0.39, 0.29) is 5.69 Å². The summed E-state index contributed by atoms with van der Waals surface area (Å²) in [4.78, 5) is 10.6. The predicted molar refractivity (Wildman–Crippen MR) is 58.2 cm³/mol. The van der Waals surface area contributed by atoms with Crippen molar-refractivity contribution in [2.75, 3.05) is 5.75 Å². The zero-order chi connectivity index (χ0) is 11.5. The summed E-state index contributed by atoms with van der Waals surface area (Å²) in [6.07, 6.45) is 1.31. The number of thioether (sulfide) groups is 1. The lowest BCUT2D eigenvalue weighted by molar-refractivity contribution is 0.0690. The number of nitrogens with zero attached hydrogens (tertiary/aromatic N) is 5. The van der Waals surface area contributed by atoms with Gasteiger partial charge in [0.2, 0.25) is 5.13 Å². The molecule has 0 aromatic carbocycles. The molecule has 84 valence electrons. The van der Waals surface area contributed by atoms with E-state index in [4.69, 9.17) is 5.11 Å². The topological polar surface area (TPSA) is 93.8 Å². The number of hydrogen-bond donors (Lipinski definition) is 1. The number of carbonyl (C=O) groups is 1. The van der Waals surface area contributed by atoms with E-state index in [1.54, 1.807) is 11.8 Å². The van der Waals surface area contributed by atoms with Crippen molar-refractivity contribution in [1.29, 1.82) is 0 Å². The highest BCUT2D eigenvalue weighted by Crippen LogP contribution is 2.23. The lowest BCUT2D eigenvalue weighted by atomic mass is 10.5. The van der Waals surface area contributed by atoms with Crippen molar-refractivity contribution in [2.24, 2.45) is 0 Å². The van der Waals surface area contributed by atoms with E-state index < -0.39 is 5.97 Å². The Morgan fingerprint density at radius 3 is 3.00 bits per heavy atom. The molecule has 0 aliphatic carbocycles. The van der Waals surface area contributed by atoms with Gasteiger partial charge in [0.25, 0.3) is 0 Å². The standard InChI is InChI=1S/C7H7N5O2S2/c1-2-15-7-10-9-6(16-7)12-3-4(5(13)14)8-11-12/h3H,2H2,1H3,(H,13,14). The van der Waals surface area contributed by atoms with Gasteiger partial charge in [-0.2, -0.15) is 4.68 Å². The molecule has 0 aliphatic rings. The maximum atomic E-state index is 10.6. The van der Waals surface area contributed by atoms with Gasteiger partial charge in [0, 0.05) is 0 Å². The number of carboxylic acid groups (broad SMARTS) is 1. The van der Waals surface area contributed by atoms with E-state index in [9.17, 15) is 4.79 Å². The van der Waals surface area contributed by atoms with Crippen LogP contribution < -0.4 is 0 Å². The smallest absolute Gasteiger partial charge is 0.358 e. The van der Waals surface area contributed by atoms with Gasteiger partial charge in [0.1, 0.15) is 0 Å². The number of aromatic nitrogens is 5. The first-order chi connectivity index (χ1) is 7.70. The molecule has 0 fully saturated rings. The van der Waals surface area contributed by atoms with Crippen LogP contribution in [-0.2, 0) is 0 Å². The third-order valence-corrected chi connectivity index (χ3v) is 3.50. The summed E-state index contributed by atoms with van der Waals surface area (Å²) in [6.45, 7) is 2.02. The van der Waals surface area contributed by atoms with Gasteiger partial charge in [-0.25, -0.2) is 4.79 Å². The fraction of sp³-hybridized carbons (Fsp3) is 0.286. The second-order valence-electron chi connectivity index (χ2n) is 2.64. The summed E-state index contributed by atoms with van der Waals surface area (Å²) in [5, 5.41) is 24.2. The van der Waals surface area contributed by atoms with Crippen LogP contribution in [0.3, 0.4) is 0 Å². The lowest BCUT2D eigenvalue weighted by Crippen LogP contribution is -1.95. The first-order valence-corrected chi connectivity index (χ1v) is 6.13. The van der Waals surface area contributed by atoms with Gasteiger partial charge in [-0.1, -0.05) is 35.2 Å².